The number of ether oxygens (including phenoxy) is 1. The maximum Gasteiger partial charge on any atom is 0.122 e. The zero-order valence-corrected chi connectivity index (χ0v) is 12.1. The van der Waals surface area contributed by atoms with E-state index in [0.717, 1.165) is 22.8 Å². The van der Waals surface area contributed by atoms with Crippen molar-refractivity contribution in [2.24, 2.45) is 0 Å². The Bertz CT molecular complexity index is 584. The van der Waals surface area contributed by atoms with Crippen LogP contribution in [0.4, 0.5) is 5.69 Å². The summed E-state index contributed by atoms with van der Waals surface area (Å²) in [6.45, 7) is 4.60. The highest BCUT2D eigenvalue weighted by Crippen LogP contribution is 2.23. The Morgan fingerprint density at radius 1 is 1.21 bits per heavy atom. The van der Waals surface area contributed by atoms with Crippen molar-refractivity contribution in [3.8, 4) is 5.75 Å². The van der Waals surface area contributed by atoms with Crippen molar-refractivity contribution in [1.82, 2.24) is 4.98 Å². The lowest BCUT2D eigenvalue weighted by atomic mass is 10.2. The predicted molar refractivity (Wildman–Crippen MR) is 79.0 cm³/mol. The van der Waals surface area contributed by atoms with Crippen LogP contribution in [0, 0.1) is 13.8 Å². The molecule has 0 aliphatic heterocycles. The van der Waals surface area contributed by atoms with Crippen molar-refractivity contribution in [1.29, 1.82) is 0 Å². The Morgan fingerprint density at radius 3 is 2.74 bits per heavy atom. The molecule has 0 radical (unpaired) electrons. The second-order valence-corrected chi connectivity index (χ2v) is 4.88. The third-order valence-electron chi connectivity index (χ3n) is 2.80. The van der Waals surface area contributed by atoms with Gasteiger partial charge in [0.05, 0.1) is 30.1 Å². The van der Waals surface area contributed by atoms with Gasteiger partial charge in [0.15, 0.2) is 0 Å². The minimum atomic E-state index is 0.612. The molecular weight excluding hydrogens is 260 g/mol. The van der Waals surface area contributed by atoms with E-state index in [2.05, 4.69) is 10.3 Å². The van der Waals surface area contributed by atoms with Crippen LogP contribution >= 0.6 is 11.6 Å². The summed E-state index contributed by atoms with van der Waals surface area (Å²) in [6.07, 6.45) is 0. The SMILES string of the molecule is COc1cc(C)nc(CNc2cc(C)ccc2Cl)c1. The Kier molecular flexibility index (Phi) is 4.27. The smallest absolute Gasteiger partial charge is 0.122 e. The first kappa shape index (κ1) is 13.7. The van der Waals surface area contributed by atoms with Crippen LogP contribution in [0.25, 0.3) is 0 Å². The lowest BCUT2D eigenvalue weighted by Crippen LogP contribution is -2.03. The molecule has 19 heavy (non-hydrogen) atoms. The molecule has 100 valence electrons. The van der Waals surface area contributed by atoms with Crippen LogP contribution < -0.4 is 10.1 Å². The minimum absolute atomic E-state index is 0.612. The van der Waals surface area contributed by atoms with Crippen LogP contribution in [-0.2, 0) is 6.54 Å². The normalized spacial score (nSPS) is 10.3. The highest BCUT2D eigenvalue weighted by molar-refractivity contribution is 6.33. The van der Waals surface area contributed by atoms with E-state index >= 15 is 0 Å². The van der Waals surface area contributed by atoms with Crippen LogP contribution in [0.2, 0.25) is 5.02 Å². The van der Waals surface area contributed by atoms with Gasteiger partial charge in [-0.15, -0.1) is 0 Å². The average molecular weight is 277 g/mol. The van der Waals surface area contributed by atoms with Crippen molar-refractivity contribution in [3.05, 3.63) is 52.3 Å². The van der Waals surface area contributed by atoms with Gasteiger partial charge in [0.1, 0.15) is 5.75 Å². The third kappa shape index (κ3) is 3.61. The second-order valence-electron chi connectivity index (χ2n) is 4.48. The molecule has 1 aromatic carbocycles. The Morgan fingerprint density at radius 2 is 2.00 bits per heavy atom. The maximum absolute atomic E-state index is 6.14. The van der Waals surface area contributed by atoms with E-state index in [-0.39, 0.29) is 0 Å². The fourth-order valence-corrected chi connectivity index (χ4v) is 2.06. The van der Waals surface area contributed by atoms with Gasteiger partial charge in [0.25, 0.3) is 0 Å². The Labute approximate surface area is 118 Å². The molecule has 0 unspecified atom stereocenters. The zero-order valence-electron chi connectivity index (χ0n) is 11.3. The number of hydrogen-bond acceptors (Lipinski definition) is 3. The number of halogens is 1. The molecule has 0 spiro atoms. The fourth-order valence-electron chi connectivity index (χ4n) is 1.87. The molecule has 0 bridgehead atoms. The molecule has 0 amide bonds. The topological polar surface area (TPSA) is 34.1 Å². The molecule has 1 N–H and O–H groups in total. The summed E-state index contributed by atoms with van der Waals surface area (Å²) in [5, 5.41) is 4.01. The number of benzene rings is 1. The quantitative estimate of drug-likeness (QED) is 0.917. The number of hydrogen-bond donors (Lipinski definition) is 1. The van der Waals surface area contributed by atoms with E-state index in [1.165, 1.54) is 5.56 Å². The van der Waals surface area contributed by atoms with E-state index in [4.69, 9.17) is 16.3 Å². The second kappa shape index (κ2) is 5.93. The molecule has 0 fully saturated rings. The van der Waals surface area contributed by atoms with Gasteiger partial charge in [0.2, 0.25) is 0 Å². The molecular formula is C15H17ClN2O. The monoisotopic (exact) mass is 276 g/mol. The molecule has 4 heteroatoms. The van der Waals surface area contributed by atoms with Gasteiger partial charge in [-0.1, -0.05) is 17.7 Å². The lowest BCUT2D eigenvalue weighted by Gasteiger charge is -2.10. The number of aryl methyl sites for hydroxylation is 2. The van der Waals surface area contributed by atoms with Crippen LogP contribution in [0.1, 0.15) is 17.0 Å². The number of anilines is 1. The molecule has 0 saturated heterocycles. The molecule has 0 saturated carbocycles. The van der Waals surface area contributed by atoms with Crippen LogP contribution in [0.3, 0.4) is 0 Å². The minimum Gasteiger partial charge on any atom is -0.497 e. The summed E-state index contributed by atoms with van der Waals surface area (Å²) in [7, 11) is 1.66. The Balaban J connectivity index is 2.14. The first-order valence-electron chi connectivity index (χ1n) is 6.10. The van der Waals surface area contributed by atoms with Gasteiger partial charge in [-0.25, -0.2) is 0 Å². The summed E-state index contributed by atoms with van der Waals surface area (Å²) in [6, 6.07) is 9.73. The standard InChI is InChI=1S/C15H17ClN2O/c1-10-4-5-14(16)15(6-10)17-9-12-8-13(19-3)7-11(2)18-12/h4-8,17H,9H2,1-3H3. The summed E-state index contributed by atoms with van der Waals surface area (Å²) in [5.41, 5.74) is 3.95. The highest BCUT2D eigenvalue weighted by Gasteiger charge is 2.03. The van der Waals surface area contributed by atoms with Crippen molar-refractivity contribution in [2.75, 3.05) is 12.4 Å². The number of methoxy groups -OCH3 is 1. The van der Waals surface area contributed by atoms with Gasteiger partial charge in [-0.3, -0.25) is 4.98 Å². The number of nitrogens with zero attached hydrogens (tertiary/aromatic N) is 1. The van der Waals surface area contributed by atoms with Gasteiger partial charge in [0, 0.05) is 17.8 Å². The number of nitrogens with one attached hydrogen (secondary N) is 1. The summed E-state index contributed by atoms with van der Waals surface area (Å²) >= 11 is 6.14. The van der Waals surface area contributed by atoms with Gasteiger partial charge >= 0.3 is 0 Å². The largest absolute Gasteiger partial charge is 0.497 e. The molecule has 1 aromatic heterocycles. The van der Waals surface area contributed by atoms with Crippen molar-refractivity contribution < 1.29 is 4.74 Å². The van der Waals surface area contributed by atoms with Crippen LogP contribution in [0.5, 0.6) is 5.75 Å². The first-order chi connectivity index (χ1) is 9.08. The van der Waals surface area contributed by atoms with Gasteiger partial charge < -0.3 is 10.1 Å². The number of rotatable bonds is 4. The molecule has 2 aromatic rings. The Hall–Kier alpha value is -1.74. The first-order valence-corrected chi connectivity index (χ1v) is 6.48. The number of pyridine rings is 1. The number of aromatic nitrogens is 1. The van der Waals surface area contributed by atoms with E-state index < -0.39 is 0 Å². The predicted octanol–water partition coefficient (Wildman–Crippen LogP) is 3.97. The van der Waals surface area contributed by atoms with E-state index in [0.29, 0.717) is 11.6 Å². The van der Waals surface area contributed by atoms with Crippen molar-refractivity contribution >= 4 is 17.3 Å². The van der Waals surface area contributed by atoms with E-state index in [1.807, 2.05) is 44.2 Å². The lowest BCUT2D eigenvalue weighted by molar-refractivity contribution is 0.413. The average Bonchev–Trinajstić information content (AvgIpc) is 2.39. The maximum atomic E-state index is 6.14. The summed E-state index contributed by atoms with van der Waals surface area (Å²) < 4.78 is 5.24. The van der Waals surface area contributed by atoms with Crippen molar-refractivity contribution in [2.45, 2.75) is 20.4 Å². The van der Waals surface area contributed by atoms with Crippen LogP contribution in [-0.4, -0.2) is 12.1 Å². The molecule has 2 rings (SSSR count). The molecule has 3 nitrogen and oxygen atoms in total. The summed E-state index contributed by atoms with van der Waals surface area (Å²) in [5.74, 6) is 0.819. The zero-order chi connectivity index (χ0) is 13.8. The highest BCUT2D eigenvalue weighted by atomic mass is 35.5. The third-order valence-corrected chi connectivity index (χ3v) is 3.13. The van der Waals surface area contributed by atoms with Gasteiger partial charge in [-0.05, 0) is 31.5 Å². The van der Waals surface area contributed by atoms with Gasteiger partial charge in [-0.2, -0.15) is 0 Å². The van der Waals surface area contributed by atoms with Crippen LogP contribution in [0.15, 0.2) is 30.3 Å². The van der Waals surface area contributed by atoms with Crippen molar-refractivity contribution in [3.63, 3.8) is 0 Å². The summed E-state index contributed by atoms with van der Waals surface area (Å²) in [4.78, 5) is 4.46. The molecule has 0 atom stereocenters. The van der Waals surface area contributed by atoms with E-state index in [9.17, 15) is 0 Å². The fraction of sp³-hybridized carbons (Fsp3) is 0.267. The molecule has 0 aliphatic carbocycles. The van der Waals surface area contributed by atoms with E-state index in [1.54, 1.807) is 7.11 Å². The molecule has 1 heterocycles. The molecule has 0 aliphatic rings.